The van der Waals surface area contributed by atoms with Gasteiger partial charge in [0.1, 0.15) is 23.4 Å². The first-order valence-corrected chi connectivity index (χ1v) is 8.83. The van der Waals surface area contributed by atoms with Gasteiger partial charge in [0.25, 0.3) is 0 Å². The molecule has 1 aromatic heterocycles. The molecule has 0 spiro atoms. The highest BCUT2D eigenvalue weighted by Crippen LogP contribution is 2.28. The number of hydrogen-bond donors (Lipinski definition) is 2. The van der Waals surface area contributed by atoms with Crippen LogP contribution in [-0.4, -0.2) is 48.9 Å². The third kappa shape index (κ3) is 5.24. The summed E-state index contributed by atoms with van der Waals surface area (Å²) < 4.78 is 9.98. The van der Waals surface area contributed by atoms with E-state index < -0.39 is 6.04 Å². The number of benzene rings is 1. The zero-order valence-corrected chi connectivity index (χ0v) is 15.9. The topological polar surface area (TPSA) is 102 Å². The van der Waals surface area contributed by atoms with E-state index in [1.165, 1.54) is 18.4 Å². The lowest BCUT2D eigenvalue weighted by molar-refractivity contribution is -0.129. The molecule has 0 fully saturated rings. The van der Waals surface area contributed by atoms with Crippen LogP contribution in [0.25, 0.3) is 10.6 Å². The molecule has 1 unspecified atom stereocenters. The van der Waals surface area contributed by atoms with E-state index in [4.69, 9.17) is 9.47 Å². The van der Waals surface area contributed by atoms with Crippen molar-refractivity contribution in [2.24, 2.45) is 5.92 Å². The maximum absolute atomic E-state index is 12.5. The molecule has 8 nitrogen and oxygen atoms in total. The zero-order valence-electron chi connectivity index (χ0n) is 15.1. The average molecular weight is 378 g/mol. The lowest BCUT2D eigenvalue weighted by atomic mass is 10.0. The molecule has 2 N–H and O–H groups in total. The number of methoxy groups -OCH3 is 2. The fourth-order valence-corrected chi connectivity index (χ4v) is 2.95. The van der Waals surface area contributed by atoms with Crippen molar-refractivity contribution >= 4 is 28.3 Å². The molecule has 0 bridgehead atoms. The quantitative estimate of drug-likeness (QED) is 0.728. The van der Waals surface area contributed by atoms with Gasteiger partial charge in [-0.25, -0.2) is 0 Å². The first-order chi connectivity index (χ1) is 12.4. The molecule has 0 aliphatic rings. The number of aromatic nitrogens is 2. The van der Waals surface area contributed by atoms with Gasteiger partial charge in [-0.1, -0.05) is 37.3 Å². The maximum atomic E-state index is 12.5. The summed E-state index contributed by atoms with van der Waals surface area (Å²) in [4.78, 5) is 24.2. The molecule has 1 aromatic carbocycles. The molecule has 2 aromatic rings. The van der Waals surface area contributed by atoms with Crippen molar-refractivity contribution in [3.05, 3.63) is 24.3 Å². The minimum Gasteiger partial charge on any atom is -0.497 e. The fourth-order valence-electron chi connectivity index (χ4n) is 2.21. The van der Waals surface area contributed by atoms with Gasteiger partial charge in [-0.15, -0.1) is 10.2 Å². The zero-order chi connectivity index (χ0) is 19.1. The van der Waals surface area contributed by atoms with E-state index in [0.29, 0.717) is 15.9 Å². The van der Waals surface area contributed by atoms with Crippen LogP contribution in [0, 0.1) is 5.92 Å². The van der Waals surface area contributed by atoms with Gasteiger partial charge < -0.3 is 14.8 Å². The first kappa shape index (κ1) is 19.8. The van der Waals surface area contributed by atoms with E-state index in [1.54, 1.807) is 7.11 Å². The average Bonchev–Trinajstić information content (AvgIpc) is 3.08. The molecule has 0 radical (unpaired) electrons. The van der Waals surface area contributed by atoms with E-state index in [1.807, 2.05) is 38.1 Å². The molecule has 0 saturated heterocycles. The van der Waals surface area contributed by atoms with E-state index in [9.17, 15) is 9.59 Å². The van der Waals surface area contributed by atoms with Gasteiger partial charge in [-0.3, -0.25) is 14.9 Å². The third-order valence-electron chi connectivity index (χ3n) is 3.51. The molecular weight excluding hydrogens is 356 g/mol. The summed E-state index contributed by atoms with van der Waals surface area (Å²) in [7, 11) is 3.01. The van der Waals surface area contributed by atoms with Crippen molar-refractivity contribution < 1.29 is 19.1 Å². The molecule has 9 heteroatoms. The van der Waals surface area contributed by atoms with Crippen LogP contribution < -0.4 is 15.4 Å². The number of nitrogens with one attached hydrogen (secondary N) is 2. The highest BCUT2D eigenvalue weighted by atomic mass is 32.1. The predicted molar refractivity (Wildman–Crippen MR) is 99.2 cm³/mol. The molecular formula is C17H22N4O4S. The molecule has 2 amide bonds. The van der Waals surface area contributed by atoms with Crippen molar-refractivity contribution in [2.75, 3.05) is 26.1 Å². The second-order valence-electron chi connectivity index (χ2n) is 5.86. The molecule has 1 heterocycles. The Labute approximate surface area is 155 Å². The van der Waals surface area contributed by atoms with Gasteiger partial charge in [0, 0.05) is 12.7 Å². The largest absolute Gasteiger partial charge is 0.497 e. The Morgan fingerprint density at radius 1 is 1.23 bits per heavy atom. The highest BCUT2D eigenvalue weighted by Gasteiger charge is 2.25. The van der Waals surface area contributed by atoms with Crippen LogP contribution in [0.1, 0.15) is 13.8 Å². The number of carbonyl (C=O) groups is 2. The Morgan fingerprint density at radius 3 is 2.65 bits per heavy atom. The highest BCUT2D eigenvalue weighted by molar-refractivity contribution is 7.18. The molecule has 0 aliphatic heterocycles. The Morgan fingerprint density at radius 2 is 2.00 bits per heavy atom. The van der Waals surface area contributed by atoms with E-state index in [2.05, 4.69) is 20.8 Å². The maximum Gasteiger partial charge on any atom is 0.249 e. The lowest BCUT2D eigenvalue weighted by Crippen LogP contribution is -2.48. The van der Waals surface area contributed by atoms with Gasteiger partial charge in [0.2, 0.25) is 16.9 Å². The summed E-state index contributed by atoms with van der Waals surface area (Å²) in [6.07, 6.45) is 0. The third-order valence-corrected chi connectivity index (χ3v) is 4.40. The van der Waals surface area contributed by atoms with Gasteiger partial charge in [0.15, 0.2) is 0 Å². The lowest BCUT2D eigenvalue weighted by Gasteiger charge is -2.20. The summed E-state index contributed by atoms with van der Waals surface area (Å²) in [6.45, 7) is 3.59. The van der Waals surface area contributed by atoms with Gasteiger partial charge in [-0.05, 0) is 18.1 Å². The summed E-state index contributed by atoms with van der Waals surface area (Å²) in [5.41, 5.74) is 0.844. The van der Waals surface area contributed by atoms with Crippen molar-refractivity contribution in [2.45, 2.75) is 19.9 Å². The Bertz CT molecular complexity index is 763. The Kier molecular flexibility index (Phi) is 7.05. The normalized spacial score (nSPS) is 11.9. The second kappa shape index (κ2) is 9.25. The van der Waals surface area contributed by atoms with Crippen LogP contribution >= 0.6 is 11.3 Å². The molecule has 1 atom stereocenters. The van der Waals surface area contributed by atoms with E-state index in [-0.39, 0.29) is 24.3 Å². The van der Waals surface area contributed by atoms with E-state index >= 15 is 0 Å². The number of carbonyl (C=O) groups excluding carboxylic acids is 2. The number of anilines is 1. The van der Waals surface area contributed by atoms with Crippen LogP contribution in [0.2, 0.25) is 0 Å². The minimum atomic E-state index is -0.693. The standard InChI is InChI=1S/C17H22N4O4S/c1-10(2)14(18-13(22)9-24-3)15(23)19-17-21-20-16(26-17)11-6-5-7-12(8-11)25-4/h5-8,10,14H,9H2,1-4H3,(H,18,22)(H,19,21,23). The van der Waals surface area contributed by atoms with Crippen LogP contribution in [0.15, 0.2) is 24.3 Å². The van der Waals surface area contributed by atoms with Crippen LogP contribution in [0.5, 0.6) is 5.75 Å². The van der Waals surface area contributed by atoms with Crippen LogP contribution in [0.4, 0.5) is 5.13 Å². The SMILES string of the molecule is COCC(=O)NC(C(=O)Nc1nnc(-c2cccc(OC)c2)s1)C(C)C. The molecule has 140 valence electrons. The summed E-state index contributed by atoms with van der Waals surface area (Å²) in [5.74, 6) is -0.0842. The smallest absolute Gasteiger partial charge is 0.249 e. The van der Waals surface area contributed by atoms with E-state index in [0.717, 1.165) is 5.56 Å². The van der Waals surface area contributed by atoms with Crippen molar-refractivity contribution in [3.63, 3.8) is 0 Å². The Hall–Kier alpha value is -2.52. The number of nitrogens with zero attached hydrogens (tertiary/aromatic N) is 2. The predicted octanol–water partition coefficient (Wildman–Crippen LogP) is 1.94. The van der Waals surface area contributed by atoms with Crippen molar-refractivity contribution in [1.29, 1.82) is 0 Å². The summed E-state index contributed by atoms with van der Waals surface area (Å²) in [5, 5.41) is 14.5. The van der Waals surface area contributed by atoms with Crippen LogP contribution in [-0.2, 0) is 14.3 Å². The Balaban J connectivity index is 2.08. The monoisotopic (exact) mass is 378 g/mol. The molecule has 2 rings (SSSR count). The fraction of sp³-hybridized carbons (Fsp3) is 0.412. The number of amides is 2. The molecule has 0 saturated carbocycles. The first-order valence-electron chi connectivity index (χ1n) is 8.01. The second-order valence-corrected chi connectivity index (χ2v) is 6.83. The summed E-state index contributed by atoms with van der Waals surface area (Å²) in [6, 6.07) is 6.73. The van der Waals surface area contributed by atoms with Crippen molar-refractivity contribution in [3.8, 4) is 16.3 Å². The van der Waals surface area contributed by atoms with Gasteiger partial charge in [0.05, 0.1) is 7.11 Å². The number of rotatable bonds is 8. The number of ether oxygens (including phenoxy) is 2. The molecule has 0 aliphatic carbocycles. The van der Waals surface area contributed by atoms with Gasteiger partial charge >= 0.3 is 0 Å². The summed E-state index contributed by atoms with van der Waals surface area (Å²) >= 11 is 1.24. The van der Waals surface area contributed by atoms with Crippen molar-refractivity contribution in [1.82, 2.24) is 15.5 Å². The van der Waals surface area contributed by atoms with Crippen LogP contribution in [0.3, 0.4) is 0 Å². The molecule has 26 heavy (non-hydrogen) atoms. The minimum absolute atomic E-state index is 0.0958. The van der Waals surface area contributed by atoms with Gasteiger partial charge in [-0.2, -0.15) is 0 Å². The number of hydrogen-bond acceptors (Lipinski definition) is 7.